The van der Waals surface area contributed by atoms with E-state index in [2.05, 4.69) is 26.6 Å². The molecule has 2 aromatic carbocycles. The lowest BCUT2D eigenvalue weighted by Crippen LogP contribution is -2.59. The molecule has 22 nitrogen and oxygen atoms in total. The number of carbonyl (C=O) groups is 9. The number of aliphatic carboxylic acids is 1. The summed E-state index contributed by atoms with van der Waals surface area (Å²) >= 11 is 0. The van der Waals surface area contributed by atoms with Crippen molar-refractivity contribution < 1.29 is 58.5 Å². The normalized spacial score (nSPS) is 17.9. The Morgan fingerprint density at radius 1 is 0.682 bits per heavy atom. The molecular weight excluding hydrogens is 861 g/mol. The third kappa shape index (κ3) is 15.5. The number of carboxylic acids is 1. The Morgan fingerprint density at radius 2 is 1.27 bits per heavy atom. The van der Waals surface area contributed by atoms with Crippen molar-refractivity contribution in [2.24, 2.45) is 17.2 Å². The number of aromatic hydroxyl groups is 1. The molecule has 2 aliphatic heterocycles. The number of hydrogen-bond donors (Lipinski definition) is 11. The van der Waals surface area contributed by atoms with Gasteiger partial charge < -0.3 is 68.9 Å². The van der Waals surface area contributed by atoms with Crippen LogP contribution in [0.1, 0.15) is 68.9 Å². The van der Waals surface area contributed by atoms with Crippen LogP contribution in [0.3, 0.4) is 0 Å². The summed E-state index contributed by atoms with van der Waals surface area (Å²) in [6.45, 7) is -0.924. The molecule has 0 unspecified atom stereocenters. The molecule has 7 atom stereocenters. The zero-order valence-corrected chi connectivity index (χ0v) is 36.7. The summed E-state index contributed by atoms with van der Waals surface area (Å²) in [7, 11) is 0. The van der Waals surface area contributed by atoms with Gasteiger partial charge in [0.1, 0.15) is 42.0 Å². The van der Waals surface area contributed by atoms with E-state index in [1.807, 2.05) is 0 Å². The minimum absolute atomic E-state index is 0.0467. The number of phenols is 1. The number of primary amides is 1. The fourth-order valence-corrected chi connectivity index (χ4v) is 7.89. The van der Waals surface area contributed by atoms with Crippen molar-refractivity contribution in [1.29, 1.82) is 0 Å². The van der Waals surface area contributed by atoms with Crippen LogP contribution in [0.4, 0.5) is 0 Å². The van der Waals surface area contributed by atoms with Crippen LogP contribution in [0.15, 0.2) is 54.6 Å². The predicted molar refractivity (Wildman–Crippen MR) is 236 cm³/mol. The van der Waals surface area contributed by atoms with E-state index in [1.54, 1.807) is 42.5 Å². The second kappa shape index (κ2) is 25.7. The number of carbonyl (C=O) groups excluding carboxylic acids is 8. The first-order valence-electron chi connectivity index (χ1n) is 22.0. The minimum atomic E-state index is -1.53. The Hall–Kier alpha value is -6.65. The highest BCUT2D eigenvalue weighted by molar-refractivity contribution is 5.97. The van der Waals surface area contributed by atoms with Gasteiger partial charge in [-0.2, -0.15) is 0 Å². The molecular formula is C44H62N10O12. The Labute approximate surface area is 381 Å². The zero-order valence-electron chi connectivity index (χ0n) is 36.7. The van der Waals surface area contributed by atoms with Crippen LogP contribution in [-0.4, -0.2) is 153 Å². The fraction of sp³-hybridized carbons (Fsp3) is 0.523. The predicted octanol–water partition coefficient (Wildman–Crippen LogP) is -2.99. The van der Waals surface area contributed by atoms with Crippen molar-refractivity contribution in [3.05, 3.63) is 65.7 Å². The maximum Gasteiger partial charge on any atom is 0.326 e. The highest BCUT2D eigenvalue weighted by Gasteiger charge is 2.40. The molecule has 0 aliphatic carbocycles. The van der Waals surface area contributed by atoms with E-state index in [0.29, 0.717) is 43.4 Å². The quantitative estimate of drug-likeness (QED) is 0.0443. The average molecular weight is 923 g/mol. The van der Waals surface area contributed by atoms with E-state index in [0.717, 1.165) is 4.90 Å². The summed E-state index contributed by atoms with van der Waals surface area (Å²) in [6.07, 6.45) is 1.93. The van der Waals surface area contributed by atoms with Gasteiger partial charge in [0.15, 0.2) is 0 Å². The van der Waals surface area contributed by atoms with E-state index in [9.17, 15) is 58.5 Å². The monoisotopic (exact) mass is 922 g/mol. The molecule has 360 valence electrons. The summed E-state index contributed by atoms with van der Waals surface area (Å²) in [5.74, 6) is -7.28. The lowest BCUT2D eigenvalue weighted by molar-refractivity contribution is -0.145. The second-order valence-corrected chi connectivity index (χ2v) is 16.4. The van der Waals surface area contributed by atoms with Crippen LogP contribution in [-0.2, 0) is 56.0 Å². The van der Waals surface area contributed by atoms with Gasteiger partial charge in [0.2, 0.25) is 47.3 Å². The van der Waals surface area contributed by atoms with Crippen LogP contribution < -0.4 is 43.8 Å². The van der Waals surface area contributed by atoms with Crippen molar-refractivity contribution >= 4 is 53.2 Å². The second-order valence-electron chi connectivity index (χ2n) is 16.4. The van der Waals surface area contributed by atoms with Crippen LogP contribution in [0.5, 0.6) is 5.75 Å². The average Bonchev–Trinajstić information content (AvgIpc) is 4.00. The van der Waals surface area contributed by atoms with Gasteiger partial charge in [0.25, 0.3) is 0 Å². The van der Waals surface area contributed by atoms with Gasteiger partial charge >= 0.3 is 5.97 Å². The largest absolute Gasteiger partial charge is 0.508 e. The first-order valence-corrected chi connectivity index (χ1v) is 22.0. The fourth-order valence-electron chi connectivity index (χ4n) is 7.89. The van der Waals surface area contributed by atoms with Gasteiger partial charge in [-0.25, -0.2) is 4.79 Å². The molecule has 2 aliphatic rings. The Bertz CT molecular complexity index is 2020. The van der Waals surface area contributed by atoms with Gasteiger partial charge in [-0.3, -0.25) is 38.4 Å². The zero-order chi connectivity index (χ0) is 48.3. The molecule has 66 heavy (non-hydrogen) atoms. The van der Waals surface area contributed by atoms with E-state index in [-0.39, 0.29) is 63.8 Å². The van der Waals surface area contributed by atoms with Crippen LogP contribution in [0, 0.1) is 0 Å². The summed E-state index contributed by atoms with van der Waals surface area (Å²) in [5, 5.41) is 41.8. The van der Waals surface area contributed by atoms with Crippen LogP contribution in [0.25, 0.3) is 0 Å². The maximum absolute atomic E-state index is 13.9. The molecule has 0 aromatic heterocycles. The molecule has 22 heteroatoms. The molecule has 2 fully saturated rings. The van der Waals surface area contributed by atoms with Gasteiger partial charge in [-0.05, 0) is 87.6 Å². The van der Waals surface area contributed by atoms with Gasteiger partial charge in [0, 0.05) is 25.9 Å². The molecule has 8 amide bonds. The number of aliphatic hydroxyl groups excluding tert-OH is 1. The summed E-state index contributed by atoms with van der Waals surface area (Å²) in [5.41, 5.74) is 18.4. The molecule has 0 radical (unpaired) electrons. The number of likely N-dealkylation sites (tertiary alicyclic amines) is 2. The van der Waals surface area contributed by atoms with Gasteiger partial charge in [-0.15, -0.1) is 0 Å². The van der Waals surface area contributed by atoms with E-state index >= 15 is 0 Å². The number of carboxylic acid groups (broad SMARTS) is 1. The molecule has 14 N–H and O–H groups in total. The van der Waals surface area contributed by atoms with Crippen molar-refractivity contribution in [2.75, 3.05) is 32.8 Å². The Kier molecular flexibility index (Phi) is 20.3. The number of nitrogens with one attached hydrogen (secondary N) is 5. The molecule has 2 heterocycles. The van der Waals surface area contributed by atoms with Crippen molar-refractivity contribution in [1.82, 2.24) is 36.4 Å². The number of amides is 8. The third-order valence-electron chi connectivity index (χ3n) is 11.4. The highest BCUT2D eigenvalue weighted by atomic mass is 16.4. The van der Waals surface area contributed by atoms with Crippen molar-refractivity contribution in [3.8, 4) is 5.75 Å². The molecule has 0 saturated carbocycles. The summed E-state index contributed by atoms with van der Waals surface area (Å²) in [6, 6.07) is 6.14. The number of nitrogens with zero attached hydrogens (tertiary/aromatic N) is 2. The molecule has 4 rings (SSSR count). The van der Waals surface area contributed by atoms with E-state index < -0.39 is 109 Å². The first kappa shape index (κ1) is 52.0. The SMILES string of the molecule is NCCCC[C@H](NC(=O)[C@@H]1CCCN1C(=O)[C@H](CO)NC(=O)CNC(=O)[C@H](Cc1ccccc1)NC(=O)[C@H](CCC(N)=O)NC(=O)[C@@H]1CCCN1C(=O)[C@@H](N)Cc1ccc(O)cc1)C(=O)O. The molecule has 2 saturated heterocycles. The van der Waals surface area contributed by atoms with Crippen LogP contribution >= 0.6 is 0 Å². The molecule has 0 bridgehead atoms. The lowest BCUT2D eigenvalue weighted by atomic mass is 10.0. The maximum atomic E-state index is 13.9. The highest BCUT2D eigenvalue weighted by Crippen LogP contribution is 2.22. The number of phenolic OH excluding ortho intramolecular Hbond substituents is 1. The van der Waals surface area contributed by atoms with Crippen molar-refractivity contribution in [3.63, 3.8) is 0 Å². The Morgan fingerprint density at radius 3 is 1.85 bits per heavy atom. The number of hydrogen-bond acceptors (Lipinski definition) is 13. The van der Waals surface area contributed by atoms with Gasteiger partial charge in [0.05, 0.1) is 19.2 Å². The lowest BCUT2D eigenvalue weighted by Gasteiger charge is -2.29. The number of aliphatic hydroxyl groups is 1. The summed E-state index contributed by atoms with van der Waals surface area (Å²) in [4.78, 5) is 121. The Balaban J connectivity index is 1.40. The number of rotatable bonds is 25. The summed E-state index contributed by atoms with van der Waals surface area (Å²) < 4.78 is 0. The van der Waals surface area contributed by atoms with E-state index in [1.165, 1.54) is 17.0 Å². The standard InChI is InChI=1S/C44H62N10O12/c45-19-5-4-10-31(44(65)66)51-41(62)35-12-7-21-54(35)43(64)33(25-55)49-37(58)24-48-38(59)32(23-26-8-2-1-3-9-26)52-39(60)30(17-18-36(47)57)50-40(61)34-11-6-20-53(34)42(63)29(46)22-27-13-15-28(56)16-14-27/h1-3,8-9,13-16,29-35,55-56H,4-7,10-12,17-25,45-46H2,(H2,47,57)(H,48,59)(H,49,58)(H,50,61)(H,51,62)(H,52,60)(H,65,66)/t29-,30-,31-,32-,33-,34-,35-/m0/s1. The van der Waals surface area contributed by atoms with Crippen molar-refractivity contribution in [2.45, 2.75) is 113 Å². The van der Waals surface area contributed by atoms with Crippen LogP contribution in [0.2, 0.25) is 0 Å². The number of benzene rings is 2. The molecule has 0 spiro atoms. The van der Waals surface area contributed by atoms with Gasteiger partial charge in [-0.1, -0.05) is 42.5 Å². The third-order valence-corrected chi connectivity index (χ3v) is 11.4. The number of unbranched alkanes of at least 4 members (excludes halogenated alkanes) is 1. The minimum Gasteiger partial charge on any atom is -0.508 e. The van der Waals surface area contributed by atoms with E-state index in [4.69, 9.17) is 17.2 Å². The first-order chi connectivity index (χ1) is 31.5. The smallest absolute Gasteiger partial charge is 0.326 e. The number of nitrogens with two attached hydrogens (primary N) is 3. The topological polar surface area (TPSA) is 359 Å². The molecule has 2 aromatic rings.